The van der Waals surface area contributed by atoms with Crippen molar-refractivity contribution in [3.63, 3.8) is 0 Å². The van der Waals surface area contributed by atoms with Crippen LogP contribution in [0.1, 0.15) is 30.5 Å². The van der Waals surface area contributed by atoms with E-state index in [1.54, 1.807) is 0 Å². The first-order valence-corrected chi connectivity index (χ1v) is 7.78. The summed E-state index contributed by atoms with van der Waals surface area (Å²) in [6.07, 6.45) is 2.90. The van der Waals surface area contributed by atoms with E-state index in [4.69, 9.17) is 21.5 Å². The van der Waals surface area contributed by atoms with Gasteiger partial charge in [0.15, 0.2) is 0 Å². The van der Waals surface area contributed by atoms with Crippen molar-refractivity contribution in [2.24, 2.45) is 0 Å². The number of benzene rings is 1. The highest BCUT2D eigenvalue weighted by molar-refractivity contribution is 6.30. The smallest absolute Gasteiger partial charge is 0.300 e. The van der Waals surface area contributed by atoms with E-state index in [1.807, 2.05) is 30.5 Å². The largest absolute Gasteiger partial charge is 0.481 e. The third-order valence-electron chi connectivity index (χ3n) is 3.18. The van der Waals surface area contributed by atoms with Crippen LogP contribution in [-0.4, -0.2) is 41.6 Å². The molecule has 0 spiro atoms. The highest BCUT2D eigenvalue weighted by atomic mass is 35.5. The van der Waals surface area contributed by atoms with E-state index in [-0.39, 0.29) is 0 Å². The van der Waals surface area contributed by atoms with Gasteiger partial charge in [0, 0.05) is 29.8 Å². The Morgan fingerprint density at radius 2 is 1.83 bits per heavy atom. The van der Waals surface area contributed by atoms with Gasteiger partial charge in [-0.05, 0) is 56.9 Å². The van der Waals surface area contributed by atoms with Crippen molar-refractivity contribution < 1.29 is 9.90 Å². The van der Waals surface area contributed by atoms with Crippen molar-refractivity contribution in [3.8, 4) is 0 Å². The van der Waals surface area contributed by atoms with Gasteiger partial charge in [0.25, 0.3) is 5.97 Å². The van der Waals surface area contributed by atoms with Crippen molar-refractivity contribution in [2.75, 3.05) is 20.6 Å². The molecule has 23 heavy (non-hydrogen) atoms. The van der Waals surface area contributed by atoms with E-state index in [1.165, 1.54) is 5.56 Å². The van der Waals surface area contributed by atoms with Crippen molar-refractivity contribution >= 4 is 17.6 Å². The van der Waals surface area contributed by atoms with Gasteiger partial charge in [0.2, 0.25) is 0 Å². The highest BCUT2D eigenvalue weighted by Crippen LogP contribution is 2.27. The third-order valence-corrected chi connectivity index (χ3v) is 3.43. The lowest BCUT2D eigenvalue weighted by Gasteiger charge is -2.19. The molecule has 0 aliphatic rings. The lowest BCUT2D eigenvalue weighted by molar-refractivity contribution is -0.134. The number of halogens is 1. The number of hydrogen-bond donors (Lipinski definition) is 1. The van der Waals surface area contributed by atoms with Crippen LogP contribution in [0.25, 0.3) is 0 Å². The highest BCUT2D eigenvalue weighted by Gasteiger charge is 2.15. The molecule has 0 bridgehead atoms. The Balaban J connectivity index is 0.000000593. The normalized spacial score (nSPS) is 11.5. The summed E-state index contributed by atoms with van der Waals surface area (Å²) in [5.41, 5.74) is 2.39. The van der Waals surface area contributed by atoms with Crippen LogP contribution in [0.5, 0.6) is 0 Å². The van der Waals surface area contributed by atoms with E-state index < -0.39 is 5.97 Å². The van der Waals surface area contributed by atoms with Gasteiger partial charge in [-0.3, -0.25) is 9.78 Å². The molecule has 1 N–H and O–H groups in total. The monoisotopic (exact) mass is 334 g/mol. The molecule has 0 saturated heterocycles. The number of carboxylic acids is 1. The molecule has 0 fully saturated rings. The molecule has 0 radical (unpaired) electrons. The molecule has 1 unspecified atom stereocenters. The minimum Gasteiger partial charge on any atom is -0.481 e. The molecule has 5 heteroatoms. The van der Waals surface area contributed by atoms with E-state index in [0.29, 0.717) is 5.92 Å². The van der Waals surface area contributed by atoms with Gasteiger partial charge in [-0.15, -0.1) is 0 Å². The Morgan fingerprint density at radius 1 is 1.22 bits per heavy atom. The average molecular weight is 335 g/mol. The van der Waals surface area contributed by atoms with Crippen LogP contribution in [0.3, 0.4) is 0 Å². The number of hydrogen-bond acceptors (Lipinski definition) is 3. The summed E-state index contributed by atoms with van der Waals surface area (Å²) in [5, 5.41) is 8.19. The molecular weight excluding hydrogens is 312 g/mol. The fourth-order valence-electron chi connectivity index (χ4n) is 2.15. The average Bonchev–Trinajstić information content (AvgIpc) is 2.49. The summed E-state index contributed by atoms with van der Waals surface area (Å²) >= 11 is 5.97. The Bertz CT molecular complexity index is 582. The van der Waals surface area contributed by atoms with Gasteiger partial charge in [0.05, 0.1) is 0 Å². The topological polar surface area (TPSA) is 53.4 Å². The fraction of sp³-hybridized carbons (Fsp3) is 0.333. The van der Waals surface area contributed by atoms with Crippen molar-refractivity contribution in [3.05, 3.63) is 64.9 Å². The van der Waals surface area contributed by atoms with Crippen LogP contribution >= 0.6 is 11.6 Å². The van der Waals surface area contributed by atoms with Gasteiger partial charge in [0.1, 0.15) is 0 Å². The van der Waals surface area contributed by atoms with Crippen molar-refractivity contribution in [2.45, 2.75) is 19.3 Å². The predicted octanol–water partition coefficient (Wildman–Crippen LogP) is 3.91. The maximum Gasteiger partial charge on any atom is 0.300 e. The van der Waals surface area contributed by atoms with Gasteiger partial charge in [-0.25, -0.2) is 0 Å². The zero-order valence-corrected chi connectivity index (χ0v) is 14.5. The first-order chi connectivity index (χ1) is 10.9. The standard InChI is InChI=1S/C16H19ClN2.C2H4O2/c1-19(2)12-10-15(16-5-3-4-11-18-16)13-6-8-14(17)9-7-13;1-2(3)4/h3-9,11,15H,10,12H2,1-2H3;1H3,(H,3,4). The van der Waals surface area contributed by atoms with E-state index >= 15 is 0 Å². The van der Waals surface area contributed by atoms with Crippen LogP contribution < -0.4 is 0 Å². The summed E-state index contributed by atoms with van der Waals surface area (Å²) in [7, 11) is 4.19. The van der Waals surface area contributed by atoms with Crippen molar-refractivity contribution in [1.29, 1.82) is 0 Å². The van der Waals surface area contributed by atoms with Crippen molar-refractivity contribution in [1.82, 2.24) is 9.88 Å². The number of aromatic nitrogens is 1. The molecule has 0 saturated carbocycles. The molecule has 1 aromatic heterocycles. The Hall–Kier alpha value is -1.91. The number of nitrogens with zero attached hydrogens (tertiary/aromatic N) is 2. The Morgan fingerprint density at radius 3 is 2.30 bits per heavy atom. The molecule has 1 atom stereocenters. The maximum absolute atomic E-state index is 9.00. The molecule has 124 valence electrons. The number of carboxylic acid groups (broad SMARTS) is 1. The quantitative estimate of drug-likeness (QED) is 0.900. The minimum absolute atomic E-state index is 0.320. The molecule has 2 aromatic rings. The lowest BCUT2D eigenvalue weighted by atomic mass is 9.92. The van der Waals surface area contributed by atoms with E-state index in [9.17, 15) is 0 Å². The summed E-state index contributed by atoms with van der Waals surface area (Å²) in [6, 6.07) is 14.2. The van der Waals surface area contributed by atoms with Crippen LogP contribution in [0, 0.1) is 0 Å². The van der Waals surface area contributed by atoms with Crippen LogP contribution in [0.15, 0.2) is 48.7 Å². The summed E-state index contributed by atoms with van der Waals surface area (Å²) in [5.74, 6) is -0.513. The molecular formula is C18H23ClN2O2. The van der Waals surface area contributed by atoms with E-state index in [2.05, 4.69) is 42.2 Å². The fourth-order valence-corrected chi connectivity index (χ4v) is 2.28. The SMILES string of the molecule is CC(=O)O.CN(C)CCC(c1ccc(Cl)cc1)c1ccccn1. The second-order valence-electron chi connectivity index (χ2n) is 5.47. The third kappa shape index (κ3) is 7.77. The molecule has 2 rings (SSSR count). The minimum atomic E-state index is -0.833. The van der Waals surface area contributed by atoms with Gasteiger partial charge in [-0.2, -0.15) is 0 Å². The summed E-state index contributed by atoms with van der Waals surface area (Å²) < 4.78 is 0. The van der Waals surface area contributed by atoms with Crippen LogP contribution in [0.4, 0.5) is 0 Å². The molecule has 1 aromatic carbocycles. The molecule has 0 aliphatic heterocycles. The van der Waals surface area contributed by atoms with Crippen LogP contribution in [-0.2, 0) is 4.79 Å². The molecule has 0 amide bonds. The first-order valence-electron chi connectivity index (χ1n) is 7.40. The number of carbonyl (C=O) groups is 1. The van der Waals surface area contributed by atoms with E-state index in [0.717, 1.165) is 30.6 Å². The second-order valence-corrected chi connectivity index (χ2v) is 5.91. The second kappa shape index (κ2) is 9.98. The summed E-state index contributed by atoms with van der Waals surface area (Å²) in [6.45, 7) is 2.11. The summed E-state index contributed by atoms with van der Waals surface area (Å²) in [4.78, 5) is 15.7. The number of aliphatic carboxylic acids is 1. The zero-order chi connectivity index (χ0) is 17.2. The van der Waals surface area contributed by atoms with Crippen LogP contribution in [0.2, 0.25) is 5.02 Å². The molecule has 4 nitrogen and oxygen atoms in total. The predicted molar refractivity (Wildman–Crippen MR) is 94.0 cm³/mol. The lowest BCUT2D eigenvalue weighted by Crippen LogP contribution is -2.17. The molecule has 0 aliphatic carbocycles. The number of rotatable bonds is 5. The first kappa shape index (κ1) is 19.1. The van der Waals surface area contributed by atoms with Gasteiger partial charge < -0.3 is 10.0 Å². The molecule has 1 heterocycles. The maximum atomic E-state index is 9.00. The van der Waals surface area contributed by atoms with Gasteiger partial charge >= 0.3 is 0 Å². The van der Waals surface area contributed by atoms with Gasteiger partial charge in [-0.1, -0.05) is 29.8 Å². The Labute approximate surface area is 142 Å². The zero-order valence-electron chi connectivity index (χ0n) is 13.7. The Kier molecular flexibility index (Phi) is 8.30. The number of pyridine rings is 1.